The van der Waals surface area contributed by atoms with Crippen molar-refractivity contribution in [2.24, 2.45) is 0 Å². The zero-order valence-electron chi connectivity index (χ0n) is 21.4. The lowest BCUT2D eigenvalue weighted by Gasteiger charge is -2.50. The first kappa shape index (κ1) is 26.1. The fourth-order valence-corrected chi connectivity index (χ4v) is 5.52. The number of pyridine rings is 1. The summed E-state index contributed by atoms with van der Waals surface area (Å²) in [6.07, 6.45) is 4.39. The molecule has 4 heterocycles. The molecule has 0 unspecified atom stereocenters. The van der Waals surface area contributed by atoms with Crippen LogP contribution in [0.1, 0.15) is 59.7 Å². The van der Waals surface area contributed by atoms with Crippen molar-refractivity contribution >= 4 is 35.1 Å². The summed E-state index contributed by atoms with van der Waals surface area (Å²) in [5.74, 6) is 0.686. The number of nitrogen functional groups attached to an aromatic ring is 1. The lowest BCUT2D eigenvalue weighted by molar-refractivity contribution is 0.0435. The molecule has 2 saturated heterocycles. The number of hydrogen-bond donors (Lipinski definition) is 2. The number of nitrogens with zero attached hydrogens (tertiary/aromatic N) is 6. The van der Waals surface area contributed by atoms with Crippen LogP contribution in [0.4, 0.5) is 11.6 Å². The van der Waals surface area contributed by atoms with Crippen LogP contribution in [0.2, 0.25) is 5.15 Å². The normalized spacial score (nSPS) is 21.5. The van der Waals surface area contributed by atoms with Crippen LogP contribution in [0.5, 0.6) is 0 Å². The maximum atomic E-state index is 13.0. The number of likely N-dealkylation sites (tertiary alicyclic amines) is 1. The maximum Gasteiger partial charge on any atom is 0.271 e. The van der Waals surface area contributed by atoms with Gasteiger partial charge in [-0.25, -0.2) is 15.0 Å². The van der Waals surface area contributed by atoms with Crippen LogP contribution in [0, 0.1) is 6.92 Å². The molecule has 194 valence electrons. The van der Waals surface area contributed by atoms with Gasteiger partial charge in [0.1, 0.15) is 22.5 Å². The number of aromatic nitrogens is 3. The minimum atomic E-state index is -0.235. The van der Waals surface area contributed by atoms with E-state index in [1.54, 1.807) is 25.4 Å². The highest BCUT2D eigenvalue weighted by Gasteiger charge is 2.38. The molecule has 0 aliphatic carbocycles. The first-order chi connectivity index (χ1) is 17.2. The van der Waals surface area contributed by atoms with Crippen molar-refractivity contribution in [2.45, 2.75) is 58.2 Å². The van der Waals surface area contributed by atoms with Gasteiger partial charge in [0.15, 0.2) is 0 Å². The summed E-state index contributed by atoms with van der Waals surface area (Å²) in [4.78, 5) is 44.9. The Bertz CT molecular complexity index is 1120. The largest absolute Gasteiger partial charge is 0.383 e. The smallest absolute Gasteiger partial charge is 0.271 e. The molecule has 2 aliphatic heterocycles. The number of anilines is 2. The van der Waals surface area contributed by atoms with E-state index in [9.17, 15) is 9.59 Å². The number of aryl methyl sites for hydroxylation is 1. The molecule has 2 aromatic rings. The maximum absolute atomic E-state index is 13.0. The molecule has 2 aliphatic rings. The predicted octanol–water partition coefficient (Wildman–Crippen LogP) is 2.37. The third-order valence-electron chi connectivity index (χ3n) is 7.35. The monoisotopic (exact) mass is 514 g/mol. The van der Waals surface area contributed by atoms with Gasteiger partial charge < -0.3 is 20.9 Å². The lowest BCUT2D eigenvalue weighted by Crippen LogP contribution is -2.62. The molecule has 0 spiro atoms. The Morgan fingerprint density at radius 2 is 1.92 bits per heavy atom. The SMILES string of the molecule is CC[C@H]1CN(c2ncc(C(=O)NC)nc2C)[C@H](C)CN1C1CCN(C(=O)c2ccc(Cl)nc2N)CC1. The molecule has 0 bridgehead atoms. The second kappa shape index (κ2) is 11.0. The lowest BCUT2D eigenvalue weighted by atomic mass is 9.96. The highest BCUT2D eigenvalue weighted by molar-refractivity contribution is 6.29. The van der Waals surface area contributed by atoms with Crippen molar-refractivity contribution in [3.05, 3.63) is 40.4 Å². The number of piperidine rings is 1. The molecule has 36 heavy (non-hydrogen) atoms. The van der Waals surface area contributed by atoms with E-state index < -0.39 is 0 Å². The molecule has 0 saturated carbocycles. The number of piperazine rings is 1. The molecule has 2 amide bonds. The van der Waals surface area contributed by atoms with Crippen molar-refractivity contribution in [2.75, 3.05) is 43.9 Å². The Hall–Kier alpha value is -2.98. The molecule has 3 N–H and O–H groups in total. The van der Waals surface area contributed by atoms with Crippen LogP contribution in [0.15, 0.2) is 18.3 Å². The van der Waals surface area contributed by atoms with Crippen LogP contribution >= 0.6 is 11.6 Å². The van der Waals surface area contributed by atoms with Crippen molar-refractivity contribution in [1.82, 2.24) is 30.1 Å². The Morgan fingerprint density at radius 3 is 2.53 bits per heavy atom. The quantitative estimate of drug-likeness (QED) is 0.583. The third kappa shape index (κ3) is 5.24. The number of hydrogen-bond acceptors (Lipinski definition) is 8. The van der Waals surface area contributed by atoms with Gasteiger partial charge in [0.25, 0.3) is 11.8 Å². The first-order valence-corrected chi connectivity index (χ1v) is 12.9. The van der Waals surface area contributed by atoms with E-state index in [0.717, 1.165) is 43.9 Å². The fraction of sp³-hybridized carbons (Fsp3) is 0.560. The second-order valence-corrected chi connectivity index (χ2v) is 9.98. The molecule has 2 aromatic heterocycles. The number of nitrogens with one attached hydrogen (secondary N) is 1. The molecule has 4 rings (SSSR count). The Labute approximate surface area is 217 Å². The van der Waals surface area contributed by atoms with E-state index in [2.05, 4.69) is 43.9 Å². The highest BCUT2D eigenvalue weighted by atomic mass is 35.5. The molecular formula is C25H35ClN8O2. The fourth-order valence-electron chi connectivity index (χ4n) is 5.37. The summed E-state index contributed by atoms with van der Waals surface area (Å²) < 4.78 is 0. The van der Waals surface area contributed by atoms with Gasteiger partial charge in [0.05, 0.1) is 17.5 Å². The van der Waals surface area contributed by atoms with Gasteiger partial charge in [-0.3, -0.25) is 14.5 Å². The number of halogens is 1. The molecule has 0 radical (unpaired) electrons. The van der Waals surface area contributed by atoms with Gasteiger partial charge in [0.2, 0.25) is 0 Å². The van der Waals surface area contributed by atoms with Crippen molar-refractivity contribution < 1.29 is 9.59 Å². The number of rotatable bonds is 5. The van der Waals surface area contributed by atoms with E-state index >= 15 is 0 Å². The minimum absolute atomic E-state index is 0.0883. The van der Waals surface area contributed by atoms with E-state index in [0.29, 0.717) is 36.4 Å². The van der Waals surface area contributed by atoms with Gasteiger partial charge in [-0.1, -0.05) is 18.5 Å². The standard InChI is InChI=1S/C25H35ClN8O2/c1-5-17-14-33(23-16(3)30-20(12-29-23)24(35)28-4)15(2)13-34(17)18-8-10-32(11-9-18)25(36)19-6-7-21(26)31-22(19)27/h6-7,12,15,17-18H,5,8-11,13-14H2,1-4H3,(H2,27,31)(H,28,35)/t15-,17+/m1/s1. The van der Waals surface area contributed by atoms with Gasteiger partial charge >= 0.3 is 0 Å². The number of carbonyl (C=O) groups is 2. The third-order valence-corrected chi connectivity index (χ3v) is 7.56. The van der Waals surface area contributed by atoms with E-state index in [-0.39, 0.29) is 28.8 Å². The Kier molecular flexibility index (Phi) is 7.94. The highest BCUT2D eigenvalue weighted by Crippen LogP contribution is 2.30. The summed E-state index contributed by atoms with van der Waals surface area (Å²) >= 11 is 5.89. The van der Waals surface area contributed by atoms with Gasteiger partial charge in [0, 0.05) is 51.4 Å². The Balaban J connectivity index is 1.41. The van der Waals surface area contributed by atoms with Crippen molar-refractivity contribution in [1.29, 1.82) is 0 Å². The number of carbonyl (C=O) groups excluding carboxylic acids is 2. The number of nitrogens with two attached hydrogens (primary N) is 1. The average Bonchev–Trinajstić information content (AvgIpc) is 2.88. The molecule has 2 atom stereocenters. The number of amides is 2. The minimum Gasteiger partial charge on any atom is -0.383 e. The summed E-state index contributed by atoms with van der Waals surface area (Å²) in [6, 6.07) is 4.27. The van der Waals surface area contributed by atoms with Crippen LogP contribution in [0.25, 0.3) is 0 Å². The van der Waals surface area contributed by atoms with Gasteiger partial charge in [-0.2, -0.15) is 0 Å². The summed E-state index contributed by atoms with van der Waals surface area (Å²) in [5, 5.41) is 2.88. The molecule has 0 aromatic carbocycles. The van der Waals surface area contributed by atoms with E-state index in [4.69, 9.17) is 17.3 Å². The van der Waals surface area contributed by atoms with Crippen LogP contribution in [0.3, 0.4) is 0 Å². The second-order valence-electron chi connectivity index (χ2n) is 9.59. The molecule has 11 heteroatoms. The van der Waals surface area contributed by atoms with Crippen molar-refractivity contribution in [3.63, 3.8) is 0 Å². The molecular weight excluding hydrogens is 480 g/mol. The first-order valence-electron chi connectivity index (χ1n) is 12.5. The van der Waals surface area contributed by atoms with Crippen LogP contribution in [-0.2, 0) is 0 Å². The topological polar surface area (TPSA) is 121 Å². The van der Waals surface area contributed by atoms with E-state index in [1.165, 1.54) is 0 Å². The predicted molar refractivity (Wildman–Crippen MR) is 140 cm³/mol. The molecule has 2 fully saturated rings. The summed E-state index contributed by atoms with van der Waals surface area (Å²) in [5.41, 5.74) is 7.44. The van der Waals surface area contributed by atoms with Crippen molar-refractivity contribution in [3.8, 4) is 0 Å². The molecule has 10 nitrogen and oxygen atoms in total. The Morgan fingerprint density at radius 1 is 1.19 bits per heavy atom. The van der Waals surface area contributed by atoms with Crippen LogP contribution < -0.4 is 16.0 Å². The van der Waals surface area contributed by atoms with Gasteiger partial charge in [-0.05, 0) is 45.2 Å². The zero-order chi connectivity index (χ0) is 26.0. The average molecular weight is 515 g/mol. The van der Waals surface area contributed by atoms with Gasteiger partial charge in [-0.15, -0.1) is 0 Å². The van der Waals surface area contributed by atoms with Crippen LogP contribution in [-0.4, -0.2) is 87.9 Å². The summed E-state index contributed by atoms with van der Waals surface area (Å²) in [7, 11) is 1.59. The zero-order valence-corrected chi connectivity index (χ0v) is 22.1. The van der Waals surface area contributed by atoms with E-state index in [1.807, 2.05) is 11.8 Å². The summed E-state index contributed by atoms with van der Waals surface area (Å²) in [6.45, 7) is 9.45.